The Labute approximate surface area is 119 Å². The van der Waals surface area contributed by atoms with E-state index in [0.717, 1.165) is 26.1 Å². The first-order chi connectivity index (χ1) is 9.70. The number of piperazine rings is 1. The van der Waals surface area contributed by atoms with E-state index in [9.17, 15) is 9.59 Å². The van der Waals surface area contributed by atoms with Gasteiger partial charge >= 0.3 is 12.1 Å². The molecular weight excluding hydrogens is 262 g/mol. The first kappa shape index (κ1) is 14.9. The van der Waals surface area contributed by atoms with E-state index in [1.165, 1.54) is 7.11 Å². The van der Waals surface area contributed by atoms with Crippen molar-refractivity contribution in [2.24, 2.45) is 5.92 Å². The molecule has 0 aromatic rings. The lowest BCUT2D eigenvalue weighted by Gasteiger charge is -2.34. The van der Waals surface area contributed by atoms with E-state index in [4.69, 9.17) is 4.74 Å². The fourth-order valence-corrected chi connectivity index (χ4v) is 2.52. The molecule has 2 fully saturated rings. The standard InChI is InChI=1S/C13H23N3O4/c1-19-13(18)16-6-4-15(5-7-16)12(17)14-10-11-2-8-20-9-3-11/h11H,2-10H2,1H3,(H,14,17). The average Bonchev–Trinajstić information content (AvgIpc) is 2.53. The number of nitrogens with one attached hydrogen (secondary N) is 1. The van der Waals surface area contributed by atoms with Crippen LogP contribution in [0.5, 0.6) is 0 Å². The van der Waals surface area contributed by atoms with E-state index in [2.05, 4.69) is 10.1 Å². The summed E-state index contributed by atoms with van der Waals surface area (Å²) in [6.45, 7) is 4.44. The van der Waals surface area contributed by atoms with E-state index < -0.39 is 0 Å². The van der Waals surface area contributed by atoms with Crippen LogP contribution in [-0.4, -0.2) is 75.0 Å². The van der Waals surface area contributed by atoms with Crippen LogP contribution in [0.4, 0.5) is 9.59 Å². The van der Waals surface area contributed by atoms with Crippen molar-refractivity contribution in [3.63, 3.8) is 0 Å². The van der Waals surface area contributed by atoms with Crippen molar-refractivity contribution >= 4 is 12.1 Å². The highest BCUT2D eigenvalue weighted by molar-refractivity contribution is 5.75. The zero-order valence-corrected chi connectivity index (χ0v) is 12.0. The van der Waals surface area contributed by atoms with Gasteiger partial charge in [-0.2, -0.15) is 0 Å². The second-order valence-corrected chi connectivity index (χ2v) is 5.19. The molecule has 2 saturated heterocycles. The quantitative estimate of drug-likeness (QED) is 0.802. The molecule has 0 unspecified atom stereocenters. The third-order valence-corrected chi connectivity index (χ3v) is 3.88. The number of hydrogen-bond acceptors (Lipinski definition) is 4. The largest absolute Gasteiger partial charge is 0.453 e. The average molecular weight is 285 g/mol. The topological polar surface area (TPSA) is 71.1 Å². The molecule has 2 aliphatic rings. The van der Waals surface area contributed by atoms with Crippen molar-refractivity contribution in [2.75, 3.05) is 53.0 Å². The summed E-state index contributed by atoms with van der Waals surface area (Å²) in [5, 5.41) is 2.98. The number of carbonyl (C=O) groups excluding carboxylic acids is 2. The van der Waals surface area contributed by atoms with Crippen molar-refractivity contribution in [2.45, 2.75) is 12.8 Å². The Morgan fingerprint density at radius 3 is 2.35 bits per heavy atom. The van der Waals surface area contributed by atoms with Gasteiger partial charge in [0.05, 0.1) is 7.11 Å². The number of nitrogens with zero attached hydrogens (tertiary/aromatic N) is 2. The van der Waals surface area contributed by atoms with Crippen molar-refractivity contribution < 1.29 is 19.1 Å². The fraction of sp³-hybridized carbons (Fsp3) is 0.846. The molecule has 7 nitrogen and oxygen atoms in total. The van der Waals surface area contributed by atoms with E-state index in [-0.39, 0.29) is 12.1 Å². The highest BCUT2D eigenvalue weighted by Gasteiger charge is 2.25. The maximum Gasteiger partial charge on any atom is 0.409 e. The minimum atomic E-state index is -0.327. The predicted octanol–water partition coefficient (Wildman–Crippen LogP) is 0.507. The molecule has 0 bridgehead atoms. The number of hydrogen-bond donors (Lipinski definition) is 1. The Balaban J connectivity index is 1.67. The third-order valence-electron chi connectivity index (χ3n) is 3.88. The molecule has 0 saturated carbocycles. The zero-order chi connectivity index (χ0) is 14.4. The molecule has 3 amide bonds. The van der Waals surface area contributed by atoms with Gasteiger partial charge in [0.2, 0.25) is 0 Å². The van der Waals surface area contributed by atoms with Gasteiger partial charge in [0, 0.05) is 45.9 Å². The number of carbonyl (C=O) groups is 2. The summed E-state index contributed by atoms with van der Waals surface area (Å²) in [6, 6.07) is -0.0407. The van der Waals surface area contributed by atoms with Gasteiger partial charge in [-0.05, 0) is 18.8 Å². The Kier molecular flexibility index (Phi) is 5.46. The lowest BCUT2D eigenvalue weighted by molar-refractivity contribution is 0.0657. The molecule has 0 aromatic heterocycles. The van der Waals surface area contributed by atoms with Crippen LogP contribution in [0.25, 0.3) is 0 Å². The molecule has 0 radical (unpaired) electrons. The van der Waals surface area contributed by atoms with Crippen molar-refractivity contribution in [1.29, 1.82) is 0 Å². The predicted molar refractivity (Wildman–Crippen MR) is 72.5 cm³/mol. The lowest BCUT2D eigenvalue weighted by Crippen LogP contribution is -2.53. The summed E-state index contributed by atoms with van der Waals surface area (Å²) in [6.07, 6.45) is 1.69. The smallest absolute Gasteiger partial charge is 0.409 e. The lowest BCUT2D eigenvalue weighted by atomic mass is 10.0. The van der Waals surface area contributed by atoms with Crippen molar-refractivity contribution in [3.05, 3.63) is 0 Å². The van der Waals surface area contributed by atoms with Gasteiger partial charge in [-0.15, -0.1) is 0 Å². The molecule has 1 N–H and O–H groups in total. The molecular formula is C13H23N3O4. The molecule has 2 rings (SSSR count). The first-order valence-electron chi connectivity index (χ1n) is 7.14. The molecule has 2 aliphatic heterocycles. The highest BCUT2D eigenvalue weighted by atomic mass is 16.5. The Morgan fingerprint density at radius 2 is 1.75 bits per heavy atom. The van der Waals surface area contributed by atoms with Crippen LogP contribution >= 0.6 is 0 Å². The maximum absolute atomic E-state index is 12.0. The van der Waals surface area contributed by atoms with Crippen LogP contribution in [-0.2, 0) is 9.47 Å². The second-order valence-electron chi connectivity index (χ2n) is 5.19. The van der Waals surface area contributed by atoms with Crippen molar-refractivity contribution in [3.8, 4) is 0 Å². The number of rotatable bonds is 2. The van der Waals surface area contributed by atoms with Crippen LogP contribution in [0, 0.1) is 5.92 Å². The second kappa shape index (κ2) is 7.33. The number of ether oxygens (including phenoxy) is 2. The Morgan fingerprint density at radius 1 is 1.15 bits per heavy atom. The first-order valence-corrected chi connectivity index (χ1v) is 7.14. The molecule has 0 aromatic carbocycles. The van der Waals surface area contributed by atoms with E-state index in [1.54, 1.807) is 9.80 Å². The molecule has 7 heteroatoms. The molecule has 2 heterocycles. The Bertz CT molecular complexity index is 337. The monoisotopic (exact) mass is 285 g/mol. The van der Waals surface area contributed by atoms with Crippen molar-refractivity contribution in [1.82, 2.24) is 15.1 Å². The molecule has 20 heavy (non-hydrogen) atoms. The summed E-state index contributed by atoms with van der Waals surface area (Å²) in [7, 11) is 1.37. The van der Waals surface area contributed by atoms with Gasteiger partial charge in [-0.1, -0.05) is 0 Å². The summed E-state index contributed by atoms with van der Waals surface area (Å²) >= 11 is 0. The molecule has 114 valence electrons. The Hall–Kier alpha value is -1.50. The van der Waals surface area contributed by atoms with E-state index in [0.29, 0.717) is 38.6 Å². The molecule has 0 spiro atoms. The van der Waals surface area contributed by atoms with Crippen LogP contribution in [0.2, 0.25) is 0 Å². The van der Waals surface area contributed by atoms with Crippen LogP contribution in [0.1, 0.15) is 12.8 Å². The van der Waals surface area contributed by atoms with Gasteiger partial charge in [-0.25, -0.2) is 9.59 Å². The van der Waals surface area contributed by atoms with Gasteiger partial charge in [0.15, 0.2) is 0 Å². The third kappa shape index (κ3) is 4.00. The summed E-state index contributed by atoms with van der Waals surface area (Å²) in [5.41, 5.74) is 0. The normalized spacial score (nSPS) is 20.6. The fourth-order valence-electron chi connectivity index (χ4n) is 2.52. The summed E-state index contributed by atoms with van der Waals surface area (Å²) in [5.74, 6) is 0.518. The van der Waals surface area contributed by atoms with Gasteiger partial charge in [0.25, 0.3) is 0 Å². The maximum atomic E-state index is 12.0. The summed E-state index contributed by atoms with van der Waals surface area (Å²) < 4.78 is 9.96. The minimum absolute atomic E-state index is 0.0407. The van der Waals surface area contributed by atoms with E-state index >= 15 is 0 Å². The van der Waals surface area contributed by atoms with Crippen LogP contribution in [0.3, 0.4) is 0 Å². The van der Waals surface area contributed by atoms with Crippen LogP contribution < -0.4 is 5.32 Å². The number of amides is 3. The van der Waals surface area contributed by atoms with Gasteiger partial charge in [-0.3, -0.25) is 0 Å². The van der Waals surface area contributed by atoms with E-state index in [1.807, 2.05) is 0 Å². The zero-order valence-electron chi connectivity index (χ0n) is 12.0. The molecule has 0 atom stereocenters. The summed E-state index contributed by atoms with van der Waals surface area (Å²) in [4.78, 5) is 26.7. The van der Waals surface area contributed by atoms with Gasteiger partial charge < -0.3 is 24.6 Å². The minimum Gasteiger partial charge on any atom is -0.453 e. The molecule has 0 aliphatic carbocycles. The van der Waals surface area contributed by atoms with Gasteiger partial charge in [0.1, 0.15) is 0 Å². The number of methoxy groups -OCH3 is 1. The SMILES string of the molecule is COC(=O)N1CCN(C(=O)NCC2CCOCC2)CC1. The van der Waals surface area contributed by atoms with Crippen LogP contribution in [0.15, 0.2) is 0 Å². The highest BCUT2D eigenvalue weighted by Crippen LogP contribution is 2.13. The number of urea groups is 1.